The minimum atomic E-state index is -0.748. The molecule has 0 bridgehead atoms. The van der Waals surface area contributed by atoms with Crippen molar-refractivity contribution in [2.24, 2.45) is 0 Å². The Morgan fingerprint density at radius 3 is 3.10 bits per heavy atom. The van der Waals surface area contributed by atoms with E-state index in [9.17, 15) is 5.11 Å². The zero-order valence-corrected chi connectivity index (χ0v) is 11.9. The van der Waals surface area contributed by atoms with E-state index in [1.165, 1.54) is 6.20 Å². The standard InChI is InChI=1S/C12H11ClN4O2S/c13-9-2-1-8(4-14)11(3-9)15-5-10(18)7-19-12-6-16-20-17-12/h1-3,6,10,15,18H,5,7H2. The summed E-state index contributed by atoms with van der Waals surface area (Å²) in [5, 5.41) is 22.2. The van der Waals surface area contributed by atoms with E-state index >= 15 is 0 Å². The molecule has 6 nitrogen and oxygen atoms in total. The van der Waals surface area contributed by atoms with E-state index in [0.29, 0.717) is 22.2 Å². The molecule has 2 rings (SSSR count). The molecule has 8 heteroatoms. The van der Waals surface area contributed by atoms with E-state index in [1.54, 1.807) is 18.2 Å². The van der Waals surface area contributed by atoms with Crippen LogP contribution < -0.4 is 10.1 Å². The lowest BCUT2D eigenvalue weighted by molar-refractivity contribution is 0.115. The molecule has 0 aliphatic rings. The molecule has 20 heavy (non-hydrogen) atoms. The van der Waals surface area contributed by atoms with Crippen molar-refractivity contribution in [2.75, 3.05) is 18.5 Å². The molecule has 1 aromatic heterocycles. The normalized spacial score (nSPS) is 11.7. The maximum atomic E-state index is 9.79. The van der Waals surface area contributed by atoms with Crippen molar-refractivity contribution in [2.45, 2.75) is 6.10 Å². The summed E-state index contributed by atoms with van der Waals surface area (Å²) >= 11 is 6.90. The summed E-state index contributed by atoms with van der Waals surface area (Å²) in [6, 6.07) is 6.95. The Morgan fingerprint density at radius 1 is 1.55 bits per heavy atom. The van der Waals surface area contributed by atoms with Gasteiger partial charge in [-0.15, -0.1) is 4.37 Å². The molecular weight excluding hydrogens is 300 g/mol. The van der Waals surface area contributed by atoms with Crippen LogP contribution in [-0.4, -0.2) is 33.1 Å². The highest BCUT2D eigenvalue weighted by atomic mass is 35.5. The van der Waals surface area contributed by atoms with Crippen LogP contribution in [0.15, 0.2) is 24.4 Å². The van der Waals surface area contributed by atoms with Gasteiger partial charge in [0.15, 0.2) is 0 Å². The number of nitriles is 1. The molecule has 0 radical (unpaired) electrons. The first-order valence-electron chi connectivity index (χ1n) is 5.71. The third kappa shape index (κ3) is 4.06. The number of aliphatic hydroxyl groups is 1. The van der Waals surface area contributed by atoms with E-state index in [-0.39, 0.29) is 13.2 Å². The van der Waals surface area contributed by atoms with Gasteiger partial charge in [-0.05, 0) is 18.2 Å². The fourth-order valence-electron chi connectivity index (χ4n) is 1.45. The second kappa shape index (κ2) is 7.05. The van der Waals surface area contributed by atoms with Gasteiger partial charge in [-0.3, -0.25) is 0 Å². The number of hydrogen-bond acceptors (Lipinski definition) is 7. The summed E-state index contributed by atoms with van der Waals surface area (Å²) in [7, 11) is 0. The molecule has 0 fully saturated rings. The fourth-order valence-corrected chi connectivity index (χ4v) is 1.99. The number of benzene rings is 1. The molecule has 0 aliphatic carbocycles. The topological polar surface area (TPSA) is 91.1 Å². The van der Waals surface area contributed by atoms with Crippen molar-refractivity contribution in [3.8, 4) is 11.9 Å². The number of aromatic nitrogens is 2. The van der Waals surface area contributed by atoms with Gasteiger partial charge in [0.2, 0.25) is 5.88 Å². The molecule has 0 spiro atoms. The third-order valence-corrected chi connectivity index (χ3v) is 3.09. The van der Waals surface area contributed by atoms with Gasteiger partial charge in [0.05, 0.1) is 23.0 Å². The summed E-state index contributed by atoms with van der Waals surface area (Å²) in [4.78, 5) is 0. The minimum absolute atomic E-state index is 0.0842. The Morgan fingerprint density at radius 2 is 2.40 bits per heavy atom. The third-order valence-electron chi connectivity index (χ3n) is 2.39. The Hall–Kier alpha value is -1.88. The van der Waals surface area contributed by atoms with Crippen molar-refractivity contribution in [3.05, 3.63) is 35.0 Å². The highest BCUT2D eigenvalue weighted by Crippen LogP contribution is 2.20. The van der Waals surface area contributed by atoms with Crippen molar-refractivity contribution in [3.63, 3.8) is 0 Å². The monoisotopic (exact) mass is 310 g/mol. The summed E-state index contributed by atoms with van der Waals surface area (Å²) in [5.74, 6) is 0.384. The first kappa shape index (κ1) is 14.5. The van der Waals surface area contributed by atoms with Gasteiger partial charge in [-0.1, -0.05) is 11.6 Å². The van der Waals surface area contributed by atoms with Gasteiger partial charge in [0.25, 0.3) is 0 Å². The van der Waals surface area contributed by atoms with Crippen LogP contribution in [0, 0.1) is 11.3 Å². The maximum absolute atomic E-state index is 9.79. The van der Waals surface area contributed by atoms with Crippen LogP contribution >= 0.6 is 23.3 Å². The molecular formula is C12H11ClN4O2S. The summed E-state index contributed by atoms with van der Waals surface area (Å²) < 4.78 is 12.9. The largest absolute Gasteiger partial charge is 0.473 e. The molecule has 1 unspecified atom stereocenters. The Kier molecular flexibility index (Phi) is 5.12. The number of hydrogen-bond donors (Lipinski definition) is 2. The molecule has 0 saturated heterocycles. The predicted octanol–water partition coefficient (Wildman–Crippen LogP) is 1.91. The van der Waals surface area contributed by atoms with E-state index in [4.69, 9.17) is 21.6 Å². The number of halogens is 1. The maximum Gasteiger partial charge on any atom is 0.245 e. The molecule has 2 N–H and O–H groups in total. The van der Waals surface area contributed by atoms with Crippen LogP contribution in [0.2, 0.25) is 5.02 Å². The fraction of sp³-hybridized carbons (Fsp3) is 0.250. The highest BCUT2D eigenvalue weighted by Gasteiger charge is 2.09. The number of ether oxygens (including phenoxy) is 1. The SMILES string of the molecule is N#Cc1ccc(Cl)cc1NCC(O)COc1cnsn1. The smallest absolute Gasteiger partial charge is 0.245 e. The van der Waals surface area contributed by atoms with E-state index < -0.39 is 6.10 Å². The van der Waals surface area contributed by atoms with E-state index in [0.717, 1.165) is 11.7 Å². The summed E-state index contributed by atoms with van der Waals surface area (Å²) in [6.45, 7) is 0.313. The molecule has 0 saturated carbocycles. The number of aliphatic hydroxyl groups excluding tert-OH is 1. The number of nitrogens with one attached hydrogen (secondary N) is 1. The van der Waals surface area contributed by atoms with E-state index in [2.05, 4.69) is 14.1 Å². The Bertz CT molecular complexity index is 600. The molecule has 1 atom stereocenters. The molecule has 1 heterocycles. The van der Waals surface area contributed by atoms with E-state index in [1.807, 2.05) is 6.07 Å². The molecule has 104 valence electrons. The van der Waals surface area contributed by atoms with Crippen LogP contribution in [-0.2, 0) is 0 Å². The van der Waals surface area contributed by atoms with Crippen molar-refractivity contribution < 1.29 is 9.84 Å². The Labute approximate surface area is 124 Å². The van der Waals surface area contributed by atoms with Gasteiger partial charge in [-0.2, -0.15) is 9.64 Å². The van der Waals surface area contributed by atoms with Gasteiger partial charge in [0, 0.05) is 11.6 Å². The zero-order chi connectivity index (χ0) is 14.4. The predicted molar refractivity (Wildman–Crippen MR) is 76.1 cm³/mol. The molecule has 2 aromatic rings. The van der Waals surface area contributed by atoms with Crippen LogP contribution in [0.5, 0.6) is 5.88 Å². The van der Waals surface area contributed by atoms with Crippen molar-refractivity contribution >= 4 is 29.0 Å². The lowest BCUT2D eigenvalue weighted by Crippen LogP contribution is -2.26. The van der Waals surface area contributed by atoms with Crippen molar-refractivity contribution in [1.29, 1.82) is 5.26 Å². The minimum Gasteiger partial charge on any atom is -0.473 e. The average molecular weight is 311 g/mol. The molecule has 0 aliphatic heterocycles. The van der Waals surface area contributed by atoms with Gasteiger partial charge < -0.3 is 15.2 Å². The zero-order valence-electron chi connectivity index (χ0n) is 10.3. The first-order chi connectivity index (χ1) is 9.69. The quantitative estimate of drug-likeness (QED) is 0.847. The van der Waals surface area contributed by atoms with Crippen LogP contribution in [0.25, 0.3) is 0 Å². The molecule has 0 amide bonds. The number of nitrogens with zero attached hydrogens (tertiary/aromatic N) is 3. The summed E-state index contributed by atoms with van der Waals surface area (Å²) in [5.41, 5.74) is 1.04. The number of anilines is 1. The second-order valence-corrected chi connectivity index (χ2v) is 4.89. The van der Waals surface area contributed by atoms with Crippen LogP contribution in [0.1, 0.15) is 5.56 Å². The van der Waals surface area contributed by atoms with Crippen molar-refractivity contribution in [1.82, 2.24) is 8.75 Å². The lowest BCUT2D eigenvalue weighted by Gasteiger charge is -2.13. The lowest BCUT2D eigenvalue weighted by atomic mass is 10.2. The first-order valence-corrected chi connectivity index (χ1v) is 6.82. The second-order valence-electron chi connectivity index (χ2n) is 3.89. The highest BCUT2D eigenvalue weighted by molar-refractivity contribution is 6.99. The average Bonchev–Trinajstić information content (AvgIpc) is 2.96. The Balaban J connectivity index is 1.85. The van der Waals surface area contributed by atoms with Gasteiger partial charge in [-0.25, -0.2) is 0 Å². The van der Waals surface area contributed by atoms with Crippen LogP contribution in [0.3, 0.4) is 0 Å². The van der Waals surface area contributed by atoms with Gasteiger partial charge >= 0.3 is 0 Å². The number of rotatable bonds is 6. The van der Waals surface area contributed by atoms with Gasteiger partial charge in [0.1, 0.15) is 25.0 Å². The van der Waals surface area contributed by atoms with Crippen LogP contribution in [0.4, 0.5) is 5.69 Å². The summed E-state index contributed by atoms with van der Waals surface area (Å²) in [6.07, 6.45) is 0.734. The molecule has 1 aromatic carbocycles.